The fourth-order valence-corrected chi connectivity index (χ4v) is 4.20. The summed E-state index contributed by atoms with van der Waals surface area (Å²) >= 11 is 0. The molecule has 24 heavy (non-hydrogen) atoms. The van der Waals surface area contributed by atoms with Gasteiger partial charge in [-0.1, -0.05) is 19.3 Å². The Kier molecular flexibility index (Phi) is 4.80. The van der Waals surface area contributed by atoms with Gasteiger partial charge in [0.25, 0.3) is 5.91 Å². The number of rotatable bonds is 4. The average molecular weight is 337 g/mol. The van der Waals surface area contributed by atoms with Crippen molar-refractivity contribution in [1.29, 1.82) is 0 Å². The molecule has 7 nitrogen and oxygen atoms in total. The standard InChI is InChI=1S/C17H27N3O4/c1-18-15(22)12-8-14(21)20(9-12)13-10-19(11-13)16(23)17(24-2)6-4-3-5-7-17/h12-13H,3-11H2,1-2H3,(H,18,22). The van der Waals surface area contributed by atoms with Crippen molar-refractivity contribution in [3.63, 3.8) is 0 Å². The molecule has 3 rings (SSSR count). The minimum absolute atomic E-state index is 0.0137. The third kappa shape index (κ3) is 2.90. The third-order valence-corrected chi connectivity index (χ3v) is 5.81. The van der Waals surface area contributed by atoms with Crippen LogP contribution in [-0.2, 0) is 19.1 Å². The molecule has 3 fully saturated rings. The van der Waals surface area contributed by atoms with E-state index >= 15 is 0 Å². The van der Waals surface area contributed by atoms with Gasteiger partial charge < -0.3 is 19.9 Å². The zero-order chi connectivity index (χ0) is 17.3. The van der Waals surface area contributed by atoms with Gasteiger partial charge in [-0.3, -0.25) is 14.4 Å². The van der Waals surface area contributed by atoms with Crippen molar-refractivity contribution in [3.8, 4) is 0 Å². The van der Waals surface area contributed by atoms with E-state index in [4.69, 9.17) is 4.74 Å². The van der Waals surface area contributed by atoms with Crippen LogP contribution in [0.1, 0.15) is 38.5 Å². The number of ether oxygens (including phenoxy) is 1. The molecule has 3 amide bonds. The van der Waals surface area contributed by atoms with Gasteiger partial charge in [-0.15, -0.1) is 0 Å². The van der Waals surface area contributed by atoms with Crippen LogP contribution in [0.15, 0.2) is 0 Å². The number of carbonyl (C=O) groups is 3. The molecule has 1 N–H and O–H groups in total. The molecule has 2 saturated heterocycles. The Hall–Kier alpha value is -1.63. The molecule has 134 valence electrons. The Morgan fingerprint density at radius 1 is 1.17 bits per heavy atom. The molecule has 2 heterocycles. The van der Waals surface area contributed by atoms with Crippen LogP contribution in [0.25, 0.3) is 0 Å². The van der Waals surface area contributed by atoms with Crippen LogP contribution < -0.4 is 5.32 Å². The quantitative estimate of drug-likeness (QED) is 0.791. The highest BCUT2D eigenvalue weighted by molar-refractivity contribution is 5.90. The SMILES string of the molecule is CNC(=O)C1CC(=O)N(C2CN(C(=O)C3(OC)CCCCC3)C2)C1. The first kappa shape index (κ1) is 17.2. The maximum Gasteiger partial charge on any atom is 0.254 e. The molecule has 0 radical (unpaired) electrons. The highest BCUT2D eigenvalue weighted by Crippen LogP contribution is 2.35. The Bertz CT molecular complexity index is 524. The van der Waals surface area contributed by atoms with E-state index in [2.05, 4.69) is 5.32 Å². The summed E-state index contributed by atoms with van der Waals surface area (Å²) in [4.78, 5) is 40.3. The van der Waals surface area contributed by atoms with Gasteiger partial charge in [-0.05, 0) is 12.8 Å². The van der Waals surface area contributed by atoms with Crippen LogP contribution >= 0.6 is 0 Å². The molecular weight excluding hydrogens is 310 g/mol. The molecule has 0 bridgehead atoms. The summed E-state index contributed by atoms with van der Waals surface area (Å²) in [5.41, 5.74) is -0.664. The number of hydrogen-bond acceptors (Lipinski definition) is 4. The topological polar surface area (TPSA) is 79.0 Å². The Morgan fingerprint density at radius 2 is 1.83 bits per heavy atom. The Morgan fingerprint density at radius 3 is 2.42 bits per heavy atom. The summed E-state index contributed by atoms with van der Waals surface area (Å²) in [7, 11) is 3.21. The van der Waals surface area contributed by atoms with E-state index in [0.717, 1.165) is 32.1 Å². The van der Waals surface area contributed by atoms with Crippen LogP contribution in [0, 0.1) is 5.92 Å². The summed E-state index contributed by atoms with van der Waals surface area (Å²) in [6, 6.07) is 0.0357. The molecule has 1 unspecified atom stereocenters. The minimum atomic E-state index is -0.664. The van der Waals surface area contributed by atoms with Gasteiger partial charge in [0.2, 0.25) is 11.8 Å². The van der Waals surface area contributed by atoms with Crippen LogP contribution in [0.2, 0.25) is 0 Å². The van der Waals surface area contributed by atoms with Crippen molar-refractivity contribution in [2.24, 2.45) is 5.92 Å². The molecule has 7 heteroatoms. The molecule has 0 aromatic carbocycles. The minimum Gasteiger partial charge on any atom is -0.368 e. The van der Waals surface area contributed by atoms with E-state index in [0.29, 0.717) is 19.6 Å². The molecule has 0 aromatic rings. The van der Waals surface area contributed by atoms with Gasteiger partial charge in [0.1, 0.15) is 5.60 Å². The predicted molar refractivity (Wildman–Crippen MR) is 87.1 cm³/mol. The van der Waals surface area contributed by atoms with Crippen LogP contribution in [0.4, 0.5) is 0 Å². The van der Waals surface area contributed by atoms with Crippen molar-refractivity contribution in [3.05, 3.63) is 0 Å². The molecule has 0 spiro atoms. The van der Waals surface area contributed by atoms with Crippen molar-refractivity contribution >= 4 is 17.7 Å². The summed E-state index contributed by atoms with van der Waals surface area (Å²) in [6.07, 6.45) is 5.04. The van der Waals surface area contributed by atoms with Gasteiger partial charge in [0, 0.05) is 40.2 Å². The molecule has 0 aromatic heterocycles. The maximum absolute atomic E-state index is 12.8. The lowest BCUT2D eigenvalue weighted by Crippen LogP contribution is -2.65. The second-order valence-corrected chi connectivity index (χ2v) is 7.18. The number of methoxy groups -OCH3 is 1. The van der Waals surface area contributed by atoms with Crippen LogP contribution in [0.3, 0.4) is 0 Å². The summed E-state index contributed by atoms with van der Waals surface area (Å²) < 4.78 is 5.62. The largest absolute Gasteiger partial charge is 0.368 e. The van der Waals surface area contributed by atoms with Crippen molar-refractivity contribution in [2.75, 3.05) is 33.8 Å². The number of hydrogen-bond donors (Lipinski definition) is 1. The molecule has 3 aliphatic rings. The molecule has 1 saturated carbocycles. The van der Waals surface area contributed by atoms with Crippen molar-refractivity contribution in [1.82, 2.24) is 15.1 Å². The van der Waals surface area contributed by atoms with Crippen LogP contribution in [0.5, 0.6) is 0 Å². The van der Waals surface area contributed by atoms with E-state index in [1.165, 1.54) is 0 Å². The first-order valence-electron chi connectivity index (χ1n) is 8.86. The van der Waals surface area contributed by atoms with E-state index < -0.39 is 5.60 Å². The van der Waals surface area contributed by atoms with Gasteiger partial charge in [-0.25, -0.2) is 0 Å². The monoisotopic (exact) mass is 337 g/mol. The van der Waals surface area contributed by atoms with E-state index in [9.17, 15) is 14.4 Å². The van der Waals surface area contributed by atoms with Crippen molar-refractivity contribution in [2.45, 2.75) is 50.2 Å². The molecule has 1 atom stereocenters. The predicted octanol–water partition coefficient (Wildman–Crippen LogP) is 0.141. The summed E-state index contributed by atoms with van der Waals surface area (Å²) in [6.45, 7) is 1.56. The molecule has 1 aliphatic carbocycles. The third-order valence-electron chi connectivity index (χ3n) is 5.81. The van der Waals surface area contributed by atoms with E-state index in [-0.39, 0.29) is 36.1 Å². The number of amides is 3. The lowest BCUT2D eigenvalue weighted by atomic mass is 9.82. The average Bonchev–Trinajstić information content (AvgIpc) is 2.95. The highest BCUT2D eigenvalue weighted by Gasteiger charge is 2.48. The Balaban J connectivity index is 1.56. The Labute approximate surface area is 142 Å². The zero-order valence-corrected chi connectivity index (χ0v) is 14.5. The zero-order valence-electron chi connectivity index (χ0n) is 14.5. The summed E-state index contributed by atoms with van der Waals surface area (Å²) in [5.74, 6) is -0.273. The normalized spacial score (nSPS) is 27.1. The smallest absolute Gasteiger partial charge is 0.254 e. The van der Waals surface area contributed by atoms with Gasteiger partial charge in [-0.2, -0.15) is 0 Å². The van der Waals surface area contributed by atoms with Crippen molar-refractivity contribution < 1.29 is 19.1 Å². The maximum atomic E-state index is 12.8. The highest BCUT2D eigenvalue weighted by atomic mass is 16.5. The number of likely N-dealkylation sites (tertiary alicyclic amines) is 2. The van der Waals surface area contributed by atoms with E-state index in [1.807, 2.05) is 0 Å². The lowest BCUT2D eigenvalue weighted by Gasteiger charge is -2.48. The fourth-order valence-electron chi connectivity index (χ4n) is 4.20. The first-order chi connectivity index (χ1) is 11.5. The number of nitrogens with one attached hydrogen (secondary N) is 1. The lowest BCUT2D eigenvalue weighted by molar-refractivity contribution is -0.167. The number of carbonyl (C=O) groups excluding carboxylic acids is 3. The molecular formula is C17H27N3O4. The van der Waals surface area contributed by atoms with Gasteiger partial charge in [0.05, 0.1) is 12.0 Å². The second kappa shape index (κ2) is 6.70. The van der Waals surface area contributed by atoms with E-state index in [1.54, 1.807) is 24.0 Å². The fraction of sp³-hybridized carbons (Fsp3) is 0.824. The number of nitrogens with zero attached hydrogens (tertiary/aromatic N) is 2. The van der Waals surface area contributed by atoms with Gasteiger partial charge >= 0.3 is 0 Å². The molecule has 2 aliphatic heterocycles. The first-order valence-corrected chi connectivity index (χ1v) is 8.86. The second-order valence-electron chi connectivity index (χ2n) is 7.18. The summed E-state index contributed by atoms with van der Waals surface area (Å²) in [5, 5.41) is 2.61. The van der Waals surface area contributed by atoms with Gasteiger partial charge in [0.15, 0.2) is 0 Å². The van der Waals surface area contributed by atoms with Crippen LogP contribution in [-0.4, -0.2) is 73.0 Å².